The highest BCUT2D eigenvalue weighted by Crippen LogP contribution is 2.15. The number of likely N-dealkylation sites (tertiary alicyclic amines) is 1. The minimum atomic E-state index is -0.524. The third-order valence-corrected chi connectivity index (χ3v) is 1.83. The normalized spacial score (nSPS) is 23.4. The third kappa shape index (κ3) is 1.93. The molecule has 62 valence electrons. The number of hydrogen-bond acceptors (Lipinski definition) is 3. The van der Waals surface area contributed by atoms with E-state index in [9.17, 15) is 9.59 Å². The summed E-state index contributed by atoms with van der Waals surface area (Å²) in [6, 6.07) is 0. The molecular weight excluding hydrogens is 146 g/mol. The summed E-state index contributed by atoms with van der Waals surface area (Å²) in [5.74, 6) is 0.522. The quantitative estimate of drug-likeness (QED) is 0.414. The summed E-state index contributed by atoms with van der Waals surface area (Å²) in [5.41, 5.74) is 0. The monoisotopic (exact) mass is 157 g/mol. The van der Waals surface area contributed by atoms with E-state index in [4.69, 9.17) is 0 Å². The van der Waals surface area contributed by atoms with Crippen LogP contribution >= 0.6 is 0 Å². The molecule has 1 heterocycles. The molecular formula is C7H11NO3. The van der Waals surface area contributed by atoms with Crippen molar-refractivity contribution >= 4 is 12.6 Å². The largest absolute Gasteiger partial charge is 0.417 e. The number of carbonyl (C=O) groups excluding carboxylic acids is 2. The van der Waals surface area contributed by atoms with Crippen LogP contribution < -0.4 is 0 Å². The topological polar surface area (TPSA) is 46.6 Å². The van der Waals surface area contributed by atoms with Crippen molar-refractivity contribution in [1.29, 1.82) is 0 Å². The van der Waals surface area contributed by atoms with Crippen LogP contribution in [0.25, 0.3) is 0 Å². The van der Waals surface area contributed by atoms with Gasteiger partial charge in [0.05, 0.1) is 0 Å². The van der Waals surface area contributed by atoms with Gasteiger partial charge in [0.15, 0.2) is 0 Å². The van der Waals surface area contributed by atoms with E-state index in [-0.39, 0.29) is 6.47 Å². The molecule has 0 aliphatic carbocycles. The molecule has 1 saturated heterocycles. The first-order chi connectivity index (χ1) is 5.24. The van der Waals surface area contributed by atoms with E-state index >= 15 is 0 Å². The molecule has 0 aromatic heterocycles. The van der Waals surface area contributed by atoms with E-state index in [1.54, 1.807) is 4.90 Å². The Morgan fingerprint density at radius 2 is 2.45 bits per heavy atom. The van der Waals surface area contributed by atoms with Crippen LogP contribution in [0.3, 0.4) is 0 Å². The zero-order valence-corrected chi connectivity index (χ0v) is 6.45. The van der Waals surface area contributed by atoms with Gasteiger partial charge >= 0.3 is 12.6 Å². The molecule has 1 aliphatic heterocycles. The minimum Gasteiger partial charge on any atom is -0.379 e. The number of nitrogens with zero attached hydrogens (tertiary/aromatic N) is 1. The van der Waals surface area contributed by atoms with Crippen LogP contribution in [0.2, 0.25) is 0 Å². The zero-order valence-electron chi connectivity index (χ0n) is 6.45. The number of hydrogen-bond donors (Lipinski definition) is 0. The van der Waals surface area contributed by atoms with E-state index in [0.717, 1.165) is 6.42 Å². The Labute approximate surface area is 65.1 Å². The van der Waals surface area contributed by atoms with E-state index < -0.39 is 6.09 Å². The van der Waals surface area contributed by atoms with Gasteiger partial charge in [0, 0.05) is 13.1 Å². The fraction of sp³-hybridized carbons (Fsp3) is 0.714. The van der Waals surface area contributed by atoms with Gasteiger partial charge in [-0.2, -0.15) is 0 Å². The summed E-state index contributed by atoms with van der Waals surface area (Å²) in [5, 5.41) is 0. The molecule has 0 radical (unpaired) electrons. The summed E-state index contributed by atoms with van der Waals surface area (Å²) >= 11 is 0. The second-order valence-corrected chi connectivity index (χ2v) is 2.82. The Morgan fingerprint density at radius 1 is 1.73 bits per heavy atom. The van der Waals surface area contributed by atoms with Gasteiger partial charge in [-0.3, -0.25) is 4.79 Å². The van der Waals surface area contributed by atoms with Crippen molar-refractivity contribution in [3.63, 3.8) is 0 Å². The number of carbonyl (C=O) groups is 2. The zero-order chi connectivity index (χ0) is 8.27. The lowest BCUT2D eigenvalue weighted by molar-refractivity contribution is -0.124. The first-order valence-electron chi connectivity index (χ1n) is 3.63. The minimum absolute atomic E-state index is 0.172. The van der Waals surface area contributed by atoms with Crippen molar-refractivity contribution in [1.82, 2.24) is 4.90 Å². The smallest absolute Gasteiger partial charge is 0.379 e. The molecule has 0 aromatic carbocycles. The van der Waals surface area contributed by atoms with Crippen molar-refractivity contribution in [3.05, 3.63) is 0 Å². The Bertz CT molecular complexity index is 169. The SMILES string of the molecule is CC1CCN(C(=O)OC=O)C1. The van der Waals surface area contributed by atoms with Crippen molar-refractivity contribution in [2.75, 3.05) is 13.1 Å². The van der Waals surface area contributed by atoms with Gasteiger partial charge in [0.2, 0.25) is 0 Å². The van der Waals surface area contributed by atoms with Crippen LogP contribution in [-0.4, -0.2) is 30.6 Å². The lowest BCUT2D eigenvalue weighted by Crippen LogP contribution is -2.28. The first-order valence-corrected chi connectivity index (χ1v) is 3.63. The summed E-state index contributed by atoms with van der Waals surface area (Å²) in [4.78, 5) is 22.2. The second kappa shape index (κ2) is 3.37. The molecule has 0 saturated carbocycles. The fourth-order valence-electron chi connectivity index (χ4n) is 1.22. The van der Waals surface area contributed by atoms with E-state index in [1.807, 2.05) is 0 Å². The van der Waals surface area contributed by atoms with Gasteiger partial charge in [-0.1, -0.05) is 6.92 Å². The fourth-order valence-corrected chi connectivity index (χ4v) is 1.22. The molecule has 0 aromatic rings. The van der Waals surface area contributed by atoms with Crippen molar-refractivity contribution in [3.8, 4) is 0 Å². The summed E-state index contributed by atoms with van der Waals surface area (Å²) in [6.45, 7) is 3.64. The molecule has 0 bridgehead atoms. The lowest BCUT2D eigenvalue weighted by Gasteiger charge is -2.11. The van der Waals surface area contributed by atoms with Gasteiger partial charge in [-0.25, -0.2) is 4.79 Å². The number of ether oxygens (including phenoxy) is 1. The maximum Gasteiger partial charge on any atom is 0.417 e. The molecule has 11 heavy (non-hydrogen) atoms. The van der Waals surface area contributed by atoms with Crippen LogP contribution in [0.15, 0.2) is 0 Å². The summed E-state index contributed by atoms with van der Waals surface area (Å²) in [7, 11) is 0. The van der Waals surface area contributed by atoms with Gasteiger partial charge in [0.1, 0.15) is 0 Å². The van der Waals surface area contributed by atoms with Gasteiger partial charge < -0.3 is 9.64 Å². The second-order valence-electron chi connectivity index (χ2n) is 2.82. The molecule has 1 aliphatic rings. The summed E-state index contributed by atoms with van der Waals surface area (Å²) < 4.78 is 4.18. The third-order valence-electron chi connectivity index (χ3n) is 1.83. The van der Waals surface area contributed by atoms with Crippen LogP contribution in [0, 0.1) is 5.92 Å². The van der Waals surface area contributed by atoms with E-state index in [2.05, 4.69) is 11.7 Å². The lowest BCUT2D eigenvalue weighted by atomic mass is 10.2. The van der Waals surface area contributed by atoms with Crippen LogP contribution in [0.5, 0.6) is 0 Å². The Hall–Kier alpha value is -1.06. The van der Waals surface area contributed by atoms with Gasteiger partial charge in [-0.05, 0) is 12.3 Å². The van der Waals surface area contributed by atoms with Gasteiger partial charge in [0.25, 0.3) is 0 Å². The van der Waals surface area contributed by atoms with Crippen molar-refractivity contribution < 1.29 is 14.3 Å². The number of amides is 1. The maximum absolute atomic E-state index is 10.9. The van der Waals surface area contributed by atoms with Crippen molar-refractivity contribution in [2.24, 2.45) is 5.92 Å². The Morgan fingerprint density at radius 3 is 2.91 bits per heavy atom. The van der Waals surface area contributed by atoms with E-state index in [1.165, 1.54) is 0 Å². The predicted octanol–water partition coefficient (Wildman–Crippen LogP) is 0.621. The average Bonchev–Trinajstić information content (AvgIpc) is 2.36. The van der Waals surface area contributed by atoms with E-state index in [0.29, 0.717) is 19.0 Å². The molecule has 4 nitrogen and oxygen atoms in total. The van der Waals surface area contributed by atoms with Gasteiger partial charge in [-0.15, -0.1) is 0 Å². The molecule has 1 rings (SSSR count). The highest BCUT2D eigenvalue weighted by molar-refractivity contribution is 5.75. The molecule has 0 spiro atoms. The molecule has 4 heteroatoms. The average molecular weight is 157 g/mol. The Balaban J connectivity index is 2.36. The molecule has 0 N–H and O–H groups in total. The van der Waals surface area contributed by atoms with Crippen molar-refractivity contribution in [2.45, 2.75) is 13.3 Å². The molecule has 1 unspecified atom stereocenters. The summed E-state index contributed by atoms with van der Waals surface area (Å²) in [6.07, 6.45) is 0.470. The molecule has 1 fully saturated rings. The Kier molecular flexibility index (Phi) is 2.46. The van der Waals surface area contributed by atoms with Crippen LogP contribution in [0.1, 0.15) is 13.3 Å². The first kappa shape index (κ1) is 8.04. The number of rotatable bonds is 1. The highest BCUT2D eigenvalue weighted by atomic mass is 16.6. The standard InChI is InChI=1S/C7H11NO3/c1-6-2-3-8(4-6)7(10)11-5-9/h5-6H,2-4H2,1H3. The molecule has 1 atom stereocenters. The maximum atomic E-state index is 10.9. The van der Waals surface area contributed by atoms with Crippen LogP contribution in [0.4, 0.5) is 4.79 Å². The predicted molar refractivity (Wildman–Crippen MR) is 37.9 cm³/mol. The molecule has 1 amide bonds. The van der Waals surface area contributed by atoms with Crippen LogP contribution in [-0.2, 0) is 9.53 Å². The highest BCUT2D eigenvalue weighted by Gasteiger charge is 2.23.